The molecule has 0 aliphatic carbocycles. The highest BCUT2D eigenvalue weighted by molar-refractivity contribution is 5.46. The summed E-state index contributed by atoms with van der Waals surface area (Å²) in [6.45, 7) is 5.26. The van der Waals surface area contributed by atoms with Crippen LogP contribution in [0.25, 0.3) is 0 Å². The Balaban J connectivity index is 2.14. The molecule has 2 aromatic rings. The predicted molar refractivity (Wildman–Crippen MR) is 75.8 cm³/mol. The van der Waals surface area contributed by atoms with Gasteiger partial charge >= 0.3 is 0 Å². The fourth-order valence-corrected chi connectivity index (χ4v) is 1.80. The first kappa shape index (κ1) is 14.4. The summed E-state index contributed by atoms with van der Waals surface area (Å²) in [7, 11) is 1.64. The molecule has 0 saturated carbocycles. The topological polar surface area (TPSA) is 56.5 Å². The van der Waals surface area contributed by atoms with E-state index in [2.05, 4.69) is 24.3 Å². The Kier molecular flexibility index (Phi) is 5.01. The fraction of sp³-hybridized carbons (Fsp3) is 0.400. The molecule has 108 valence electrons. The molecule has 0 saturated heterocycles. The van der Waals surface area contributed by atoms with Crippen molar-refractivity contribution in [2.75, 3.05) is 7.11 Å². The molecule has 1 N–H and O–H groups in total. The van der Waals surface area contributed by atoms with Crippen molar-refractivity contribution < 1.29 is 14.0 Å². The molecule has 0 amide bonds. The zero-order valence-corrected chi connectivity index (χ0v) is 12.1. The minimum atomic E-state index is 0.328. The highest BCUT2D eigenvalue weighted by Crippen LogP contribution is 2.31. The zero-order chi connectivity index (χ0) is 14.4. The third kappa shape index (κ3) is 3.74. The quantitative estimate of drug-likeness (QED) is 0.842. The lowest BCUT2D eigenvalue weighted by Gasteiger charge is -2.15. The number of aromatic nitrogens is 1. The molecule has 20 heavy (non-hydrogen) atoms. The summed E-state index contributed by atoms with van der Waals surface area (Å²) >= 11 is 0. The normalized spacial score (nSPS) is 10.8. The minimum Gasteiger partial charge on any atom is -0.493 e. The molecule has 1 aromatic heterocycles. The van der Waals surface area contributed by atoms with Crippen LogP contribution in [0.4, 0.5) is 0 Å². The van der Waals surface area contributed by atoms with Gasteiger partial charge in [0.15, 0.2) is 17.3 Å². The highest BCUT2D eigenvalue weighted by Gasteiger charge is 2.12. The number of hydrogen-bond acceptors (Lipinski definition) is 5. The molecule has 5 nitrogen and oxygen atoms in total. The van der Waals surface area contributed by atoms with Gasteiger partial charge in [-0.1, -0.05) is 31.1 Å². The molecular weight excluding hydrogens is 256 g/mol. The van der Waals surface area contributed by atoms with Gasteiger partial charge in [0.05, 0.1) is 13.3 Å². The first-order chi connectivity index (χ1) is 9.70. The Morgan fingerprint density at radius 2 is 2.15 bits per heavy atom. The predicted octanol–water partition coefficient (Wildman–Crippen LogP) is 2.76. The summed E-state index contributed by atoms with van der Waals surface area (Å²) in [6.07, 6.45) is 1.60. The molecule has 0 atom stereocenters. The van der Waals surface area contributed by atoms with E-state index in [9.17, 15) is 0 Å². The van der Waals surface area contributed by atoms with Gasteiger partial charge < -0.3 is 19.3 Å². The van der Waals surface area contributed by atoms with E-state index in [0.29, 0.717) is 24.2 Å². The van der Waals surface area contributed by atoms with Crippen molar-refractivity contribution in [2.45, 2.75) is 33.0 Å². The van der Waals surface area contributed by atoms with Crippen LogP contribution >= 0.6 is 0 Å². The van der Waals surface area contributed by atoms with Crippen molar-refractivity contribution in [3.8, 4) is 11.5 Å². The highest BCUT2D eigenvalue weighted by atomic mass is 16.5. The second-order valence-electron chi connectivity index (χ2n) is 4.75. The number of methoxy groups -OCH3 is 1. The molecular formula is C15H20N2O3. The maximum absolute atomic E-state index is 5.84. The third-order valence-corrected chi connectivity index (χ3v) is 2.83. The van der Waals surface area contributed by atoms with E-state index in [1.54, 1.807) is 19.4 Å². The third-order valence-electron chi connectivity index (χ3n) is 2.83. The lowest BCUT2D eigenvalue weighted by molar-refractivity contribution is 0.236. The average Bonchev–Trinajstić information content (AvgIpc) is 2.96. The monoisotopic (exact) mass is 276 g/mol. The number of nitrogens with one attached hydrogen (secondary N) is 1. The first-order valence-corrected chi connectivity index (χ1v) is 6.62. The Bertz CT molecular complexity index is 524. The Morgan fingerprint density at radius 3 is 2.80 bits per heavy atom. The van der Waals surface area contributed by atoms with E-state index in [0.717, 1.165) is 17.9 Å². The Hall–Kier alpha value is -2.01. The van der Waals surface area contributed by atoms with Crippen molar-refractivity contribution in [1.29, 1.82) is 0 Å². The van der Waals surface area contributed by atoms with E-state index < -0.39 is 0 Å². The van der Waals surface area contributed by atoms with Crippen LogP contribution in [-0.2, 0) is 13.2 Å². The van der Waals surface area contributed by atoms with Crippen LogP contribution in [-0.4, -0.2) is 18.3 Å². The maximum atomic E-state index is 5.84. The Morgan fingerprint density at radius 1 is 1.30 bits per heavy atom. The van der Waals surface area contributed by atoms with Crippen LogP contribution in [0.2, 0.25) is 0 Å². The molecule has 5 heteroatoms. The van der Waals surface area contributed by atoms with Crippen LogP contribution in [0.15, 0.2) is 35.0 Å². The van der Waals surface area contributed by atoms with Crippen LogP contribution in [0.5, 0.6) is 11.5 Å². The summed E-state index contributed by atoms with van der Waals surface area (Å²) in [5.74, 6) is 2.13. The lowest BCUT2D eigenvalue weighted by atomic mass is 10.1. The van der Waals surface area contributed by atoms with E-state index in [1.165, 1.54) is 0 Å². The summed E-state index contributed by atoms with van der Waals surface area (Å²) in [6, 6.07) is 8.05. The molecule has 0 aliphatic rings. The second kappa shape index (κ2) is 6.96. The van der Waals surface area contributed by atoms with Crippen LogP contribution < -0.4 is 14.8 Å². The molecule has 1 heterocycles. The summed E-state index contributed by atoms with van der Waals surface area (Å²) in [5.41, 5.74) is 1.05. The van der Waals surface area contributed by atoms with E-state index in [4.69, 9.17) is 14.0 Å². The number of para-hydroxylation sites is 1. The van der Waals surface area contributed by atoms with Crippen molar-refractivity contribution >= 4 is 0 Å². The number of hydrogen-bond donors (Lipinski definition) is 1. The molecule has 0 radical (unpaired) electrons. The SMILES string of the molecule is COc1cccc(CNC(C)C)c1OCc1ccno1. The number of ether oxygens (including phenoxy) is 2. The smallest absolute Gasteiger partial charge is 0.174 e. The van der Waals surface area contributed by atoms with E-state index in [-0.39, 0.29) is 0 Å². The molecule has 0 aliphatic heterocycles. The van der Waals surface area contributed by atoms with Crippen molar-refractivity contribution in [2.24, 2.45) is 0 Å². The maximum Gasteiger partial charge on any atom is 0.174 e. The molecule has 1 aromatic carbocycles. The second-order valence-corrected chi connectivity index (χ2v) is 4.75. The van der Waals surface area contributed by atoms with Gasteiger partial charge in [-0.05, 0) is 6.07 Å². The van der Waals surface area contributed by atoms with Gasteiger partial charge in [0.1, 0.15) is 6.61 Å². The lowest BCUT2D eigenvalue weighted by Crippen LogP contribution is -2.22. The molecule has 0 spiro atoms. The Labute approximate surface area is 118 Å². The van der Waals surface area contributed by atoms with Gasteiger partial charge in [-0.15, -0.1) is 0 Å². The molecule has 2 rings (SSSR count). The van der Waals surface area contributed by atoms with Gasteiger partial charge in [0.25, 0.3) is 0 Å². The molecule has 0 unspecified atom stereocenters. The molecule has 0 fully saturated rings. The van der Waals surface area contributed by atoms with E-state index in [1.807, 2.05) is 18.2 Å². The van der Waals surface area contributed by atoms with Crippen LogP contribution in [0.3, 0.4) is 0 Å². The zero-order valence-electron chi connectivity index (χ0n) is 12.1. The van der Waals surface area contributed by atoms with E-state index >= 15 is 0 Å². The van der Waals surface area contributed by atoms with Gasteiger partial charge in [0.2, 0.25) is 0 Å². The van der Waals surface area contributed by atoms with Gasteiger partial charge in [0, 0.05) is 24.2 Å². The summed E-state index contributed by atoms with van der Waals surface area (Å²) in [5, 5.41) is 7.04. The average molecular weight is 276 g/mol. The fourth-order valence-electron chi connectivity index (χ4n) is 1.80. The largest absolute Gasteiger partial charge is 0.493 e. The minimum absolute atomic E-state index is 0.328. The number of rotatable bonds is 7. The van der Waals surface area contributed by atoms with Crippen molar-refractivity contribution in [3.63, 3.8) is 0 Å². The van der Waals surface area contributed by atoms with Crippen molar-refractivity contribution in [1.82, 2.24) is 10.5 Å². The standard InChI is InChI=1S/C15H20N2O3/c1-11(2)16-9-12-5-4-6-14(18-3)15(12)19-10-13-7-8-17-20-13/h4-8,11,16H,9-10H2,1-3H3. The summed E-state index contributed by atoms with van der Waals surface area (Å²) < 4.78 is 16.2. The van der Waals surface area contributed by atoms with Gasteiger partial charge in [-0.2, -0.15) is 0 Å². The van der Waals surface area contributed by atoms with Crippen LogP contribution in [0, 0.1) is 0 Å². The van der Waals surface area contributed by atoms with Crippen LogP contribution in [0.1, 0.15) is 25.2 Å². The van der Waals surface area contributed by atoms with Gasteiger partial charge in [-0.3, -0.25) is 0 Å². The van der Waals surface area contributed by atoms with Crippen molar-refractivity contribution in [3.05, 3.63) is 41.8 Å². The number of nitrogens with zero attached hydrogens (tertiary/aromatic N) is 1. The summed E-state index contributed by atoms with van der Waals surface area (Å²) in [4.78, 5) is 0. The first-order valence-electron chi connectivity index (χ1n) is 6.62. The molecule has 0 bridgehead atoms. The van der Waals surface area contributed by atoms with Gasteiger partial charge in [-0.25, -0.2) is 0 Å². The number of benzene rings is 1.